The van der Waals surface area contributed by atoms with E-state index in [-0.39, 0.29) is 48.2 Å². The molecule has 1 aliphatic carbocycles. The van der Waals surface area contributed by atoms with Crippen LogP contribution >= 0.6 is 0 Å². The van der Waals surface area contributed by atoms with Gasteiger partial charge in [-0.05, 0) is 49.8 Å². The van der Waals surface area contributed by atoms with Crippen molar-refractivity contribution in [2.24, 2.45) is 5.16 Å². The maximum atomic E-state index is 13.8. The number of fused-ring (bicyclic) bond motifs is 1. The molecule has 2 aliphatic heterocycles. The van der Waals surface area contributed by atoms with Gasteiger partial charge in [0, 0.05) is 23.6 Å². The molecular formula is C30H34F2N2O11. The van der Waals surface area contributed by atoms with Crippen molar-refractivity contribution in [2.45, 2.75) is 81.9 Å². The molecule has 0 aromatic heterocycles. The van der Waals surface area contributed by atoms with E-state index in [1.54, 1.807) is 13.0 Å². The molecule has 0 radical (unpaired) electrons. The summed E-state index contributed by atoms with van der Waals surface area (Å²) >= 11 is 0. The van der Waals surface area contributed by atoms with Crippen molar-refractivity contribution >= 4 is 17.7 Å². The van der Waals surface area contributed by atoms with Crippen molar-refractivity contribution in [2.75, 3.05) is 6.79 Å². The number of benzene rings is 2. The van der Waals surface area contributed by atoms with E-state index in [0.29, 0.717) is 5.56 Å². The fourth-order valence-electron chi connectivity index (χ4n) is 5.38. The van der Waals surface area contributed by atoms with Crippen molar-refractivity contribution < 1.29 is 62.9 Å². The third kappa shape index (κ3) is 7.25. The highest BCUT2D eigenvalue weighted by Gasteiger charge is 2.53. The van der Waals surface area contributed by atoms with Gasteiger partial charge in [0.05, 0.1) is 17.9 Å². The van der Waals surface area contributed by atoms with Gasteiger partial charge in [0.25, 0.3) is 0 Å². The van der Waals surface area contributed by atoms with Gasteiger partial charge < -0.3 is 54.6 Å². The summed E-state index contributed by atoms with van der Waals surface area (Å²) < 4.78 is 48.8. The Hall–Kier alpha value is -3.70. The SMILES string of the molecule is C/C(=N/OCc1ccc(F)cc1F)[C@H]1O[C@@H](Oc2ccc(/C=C(\C)C(=O)N[C@@H]3[C@H](O)[C@@H](O)[C@H]4OCO[C@H]4[C@@H]3O)cc2O)C[C@@H]1O. The average molecular weight is 637 g/mol. The summed E-state index contributed by atoms with van der Waals surface area (Å²) in [7, 11) is 0. The van der Waals surface area contributed by atoms with E-state index in [9.17, 15) is 39.1 Å². The maximum absolute atomic E-state index is 13.8. The van der Waals surface area contributed by atoms with Gasteiger partial charge in [0.1, 0.15) is 61.7 Å². The Balaban J connectivity index is 1.15. The summed E-state index contributed by atoms with van der Waals surface area (Å²) in [5.74, 6) is -2.36. The second-order valence-corrected chi connectivity index (χ2v) is 11.1. The zero-order chi connectivity index (χ0) is 32.4. The van der Waals surface area contributed by atoms with Gasteiger partial charge in [-0.1, -0.05) is 11.2 Å². The van der Waals surface area contributed by atoms with Crippen LogP contribution in [0.3, 0.4) is 0 Å². The molecule has 13 nitrogen and oxygen atoms in total. The number of phenols is 1. The number of ether oxygens (including phenoxy) is 4. The largest absolute Gasteiger partial charge is 0.504 e. The maximum Gasteiger partial charge on any atom is 0.247 e. The number of nitrogens with zero attached hydrogens (tertiary/aromatic N) is 1. The summed E-state index contributed by atoms with van der Waals surface area (Å²) in [6.45, 7) is 2.62. The van der Waals surface area contributed by atoms with E-state index < -0.39 is 72.6 Å². The third-order valence-electron chi connectivity index (χ3n) is 7.82. The molecule has 45 heavy (non-hydrogen) atoms. The normalized spacial score (nSPS) is 31.9. The molecule has 1 saturated carbocycles. The monoisotopic (exact) mass is 636 g/mol. The lowest BCUT2D eigenvalue weighted by molar-refractivity contribution is -0.155. The highest BCUT2D eigenvalue weighted by atomic mass is 19.1. The average Bonchev–Trinajstić information content (AvgIpc) is 3.63. The molecule has 3 aliphatic rings. The highest BCUT2D eigenvalue weighted by molar-refractivity contribution is 5.97. The number of aromatic hydroxyl groups is 1. The third-order valence-corrected chi connectivity index (χ3v) is 7.82. The number of hydrogen-bond donors (Lipinski definition) is 6. The standard InChI is InChI=1S/C30H34F2N2O11/c1-13(30(40)33-23-24(37)26(39)29-28(25(23)38)41-12-42-29)7-15-3-6-21(19(35)8-15)44-22-10-20(36)27(45-22)14(2)34-43-11-16-4-5-17(31)9-18(16)32/h3-9,20,22-29,35-39H,10-12H2,1-2H3,(H,33,40)/b13-7+,34-14-/t20-,22+,23+,24-,25+,26+,27+,28-,29+/m0/s1. The molecule has 0 spiro atoms. The molecule has 2 saturated heterocycles. The number of phenolic OH excluding ortho intramolecular Hbond substituents is 1. The quantitative estimate of drug-likeness (QED) is 0.130. The van der Waals surface area contributed by atoms with Gasteiger partial charge in [-0.3, -0.25) is 4.79 Å². The van der Waals surface area contributed by atoms with Crippen LogP contribution in [0, 0.1) is 11.6 Å². The number of carbonyl (C=O) groups excluding carboxylic acids is 1. The van der Waals surface area contributed by atoms with Crippen LogP contribution in [-0.2, 0) is 30.4 Å². The van der Waals surface area contributed by atoms with Crippen LogP contribution < -0.4 is 10.1 Å². The van der Waals surface area contributed by atoms with Gasteiger partial charge in [-0.15, -0.1) is 0 Å². The number of hydrogen-bond acceptors (Lipinski definition) is 12. The topological polar surface area (TPSA) is 189 Å². The summed E-state index contributed by atoms with van der Waals surface area (Å²) in [6, 6.07) is 6.19. The Morgan fingerprint density at radius 1 is 1.04 bits per heavy atom. The summed E-state index contributed by atoms with van der Waals surface area (Å²) in [6.07, 6.45) is -7.39. The summed E-state index contributed by atoms with van der Waals surface area (Å²) in [5, 5.41) is 58.7. The first-order valence-corrected chi connectivity index (χ1v) is 14.1. The fraction of sp³-hybridized carbons (Fsp3) is 0.467. The number of rotatable bonds is 9. The first kappa shape index (κ1) is 32.7. The summed E-state index contributed by atoms with van der Waals surface area (Å²) in [4.78, 5) is 18.0. The molecule has 1 amide bonds. The van der Waals surface area contributed by atoms with Crippen LogP contribution in [0.4, 0.5) is 8.78 Å². The zero-order valence-electron chi connectivity index (χ0n) is 24.2. The van der Waals surface area contributed by atoms with E-state index in [1.165, 1.54) is 31.2 Å². The molecule has 0 unspecified atom stereocenters. The van der Waals surface area contributed by atoms with E-state index in [4.69, 9.17) is 23.8 Å². The second kappa shape index (κ2) is 13.7. The predicted octanol–water partition coefficient (Wildman–Crippen LogP) is 0.844. The van der Waals surface area contributed by atoms with Crippen molar-refractivity contribution in [3.05, 3.63) is 64.7 Å². The number of nitrogens with one attached hydrogen (secondary N) is 1. The fourth-order valence-corrected chi connectivity index (χ4v) is 5.38. The van der Waals surface area contributed by atoms with Crippen LogP contribution in [0.1, 0.15) is 31.4 Å². The zero-order valence-corrected chi connectivity index (χ0v) is 24.2. The van der Waals surface area contributed by atoms with Crippen LogP contribution in [0.5, 0.6) is 11.5 Å². The first-order chi connectivity index (χ1) is 21.4. The predicted molar refractivity (Wildman–Crippen MR) is 150 cm³/mol. The lowest BCUT2D eigenvalue weighted by Gasteiger charge is -2.41. The van der Waals surface area contributed by atoms with Gasteiger partial charge in [-0.2, -0.15) is 0 Å². The smallest absolute Gasteiger partial charge is 0.247 e. The molecule has 9 atom stereocenters. The molecule has 6 N–H and O–H groups in total. The van der Waals surface area contributed by atoms with Crippen LogP contribution in [-0.4, -0.2) is 99.0 Å². The molecule has 3 fully saturated rings. The molecule has 0 bridgehead atoms. The van der Waals surface area contributed by atoms with Gasteiger partial charge in [0.2, 0.25) is 12.2 Å². The van der Waals surface area contributed by atoms with E-state index in [0.717, 1.165) is 12.1 Å². The van der Waals surface area contributed by atoms with Gasteiger partial charge in [-0.25, -0.2) is 8.78 Å². The lowest BCUT2D eigenvalue weighted by atomic mass is 9.83. The number of oxime groups is 1. The van der Waals surface area contributed by atoms with Crippen LogP contribution in [0.25, 0.3) is 6.08 Å². The number of carbonyl (C=O) groups is 1. The Morgan fingerprint density at radius 2 is 1.78 bits per heavy atom. The minimum Gasteiger partial charge on any atom is -0.504 e. The minimum absolute atomic E-state index is 0.0385. The lowest BCUT2D eigenvalue weighted by Crippen LogP contribution is -2.67. The van der Waals surface area contributed by atoms with Crippen LogP contribution in [0.15, 0.2) is 47.1 Å². The van der Waals surface area contributed by atoms with Crippen LogP contribution in [0.2, 0.25) is 0 Å². The molecule has 2 aromatic carbocycles. The molecule has 244 valence electrons. The van der Waals surface area contributed by atoms with Gasteiger partial charge >= 0.3 is 0 Å². The Kier molecular flexibility index (Phi) is 9.98. The van der Waals surface area contributed by atoms with E-state index in [2.05, 4.69) is 10.5 Å². The van der Waals surface area contributed by atoms with E-state index >= 15 is 0 Å². The second-order valence-electron chi connectivity index (χ2n) is 11.1. The van der Waals surface area contributed by atoms with Crippen molar-refractivity contribution in [3.63, 3.8) is 0 Å². The Bertz CT molecular complexity index is 1460. The number of halogens is 2. The molecule has 2 heterocycles. The minimum atomic E-state index is -1.50. The first-order valence-electron chi connectivity index (χ1n) is 14.1. The summed E-state index contributed by atoms with van der Waals surface area (Å²) in [5.41, 5.74) is 0.946. The van der Waals surface area contributed by atoms with Gasteiger partial charge in [0.15, 0.2) is 11.5 Å². The Labute approximate surface area is 256 Å². The molecule has 5 rings (SSSR count). The number of aliphatic hydroxyl groups excluding tert-OH is 4. The van der Waals surface area contributed by atoms with Crippen molar-refractivity contribution in [1.82, 2.24) is 5.32 Å². The van der Waals surface area contributed by atoms with Crippen molar-refractivity contribution in [3.8, 4) is 11.5 Å². The highest BCUT2D eigenvalue weighted by Crippen LogP contribution is 2.33. The molecular weight excluding hydrogens is 602 g/mol. The van der Waals surface area contributed by atoms with E-state index in [1.807, 2.05) is 0 Å². The number of aliphatic hydroxyl groups is 4. The Morgan fingerprint density at radius 3 is 2.49 bits per heavy atom. The molecule has 2 aromatic rings. The molecule has 15 heteroatoms. The number of amides is 1. The van der Waals surface area contributed by atoms with Crippen molar-refractivity contribution in [1.29, 1.82) is 0 Å².